The third-order valence-electron chi connectivity index (χ3n) is 3.63. The highest BCUT2D eigenvalue weighted by Gasteiger charge is 2.09. The Balaban J connectivity index is 1.89. The van der Waals surface area contributed by atoms with Crippen LogP contribution in [0.3, 0.4) is 0 Å². The van der Waals surface area contributed by atoms with Crippen LogP contribution in [0.15, 0.2) is 49.1 Å². The van der Waals surface area contributed by atoms with Crippen molar-refractivity contribution in [2.45, 2.75) is 13.0 Å². The molecule has 0 unspecified atom stereocenters. The van der Waals surface area contributed by atoms with Crippen molar-refractivity contribution in [3.05, 3.63) is 70.9 Å². The quantitative estimate of drug-likeness (QED) is 0.697. The standard InChI is InChI=1S/C19H20ClN3O3/c1-3-17(24)21-11-10-13-4-6-14(7-5-13)19(25)22-12-16-15(20)8-9-18(23-16)26-2/h3-9H,1,10-12H2,2H3,(H,21,24)(H,22,25). The molecule has 0 saturated heterocycles. The van der Waals surface area contributed by atoms with Gasteiger partial charge >= 0.3 is 0 Å². The summed E-state index contributed by atoms with van der Waals surface area (Å²) in [5, 5.41) is 5.95. The van der Waals surface area contributed by atoms with E-state index in [1.165, 1.54) is 13.2 Å². The zero-order valence-electron chi connectivity index (χ0n) is 14.4. The number of carbonyl (C=O) groups is 2. The van der Waals surface area contributed by atoms with Crippen molar-refractivity contribution in [2.24, 2.45) is 0 Å². The highest BCUT2D eigenvalue weighted by Crippen LogP contribution is 2.17. The van der Waals surface area contributed by atoms with Gasteiger partial charge in [0.1, 0.15) is 0 Å². The Morgan fingerprint density at radius 3 is 2.58 bits per heavy atom. The van der Waals surface area contributed by atoms with Gasteiger partial charge in [-0.1, -0.05) is 30.3 Å². The van der Waals surface area contributed by atoms with Crippen LogP contribution in [0, 0.1) is 0 Å². The first-order chi connectivity index (χ1) is 12.5. The summed E-state index contributed by atoms with van der Waals surface area (Å²) in [4.78, 5) is 27.6. The Labute approximate surface area is 157 Å². The first-order valence-electron chi connectivity index (χ1n) is 8.00. The molecule has 136 valence electrons. The first-order valence-corrected chi connectivity index (χ1v) is 8.38. The van der Waals surface area contributed by atoms with Crippen LogP contribution >= 0.6 is 11.6 Å². The second-order valence-corrected chi connectivity index (χ2v) is 5.81. The van der Waals surface area contributed by atoms with Gasteiger partial charge in [-0.3, -0.25) is 9.59 Å². The van der Waals surface area contributed by atoms with Crippen LogP contribution in [0.1, 0.15) is 21.6 Å². The number of amides is 2. The maximum atomic E-state index is 12.3. The van der Waals surface area contributed by atoms with Gasteiger partial charge < -0.3 is 15.4 Å². The number of methoxy groups -OCH3 is 1. The zero-order chi connectivity index (χ0) is 18.9. The van der Waals surface area contributed by atoms with E-state index >= 15 is 0 Å². The fraction of sp³-hybridized carbons (Fsp3) is 0.211. The maximum Gasteiger partial charge on any atom is 0.251 e. The fourth-order valence-corrected chi connectivity index (χ4v) is 2.37. The highest BCUT2D eigenvalue weighted by atomic mass is 35.5. The number of hydrogen-bond donors (Lipinski definition) is 2. The Bertz CT molecular complexity index is 791. The lowest BCUT2D eigenvalue weighted by molar-refractivity contribution is -0.116. The summed E-state index contributed by atoms with van der Waals surface area (Å²) in [6.45, 7) is 4.10. The number of aromatic nitrogens is 1. The Morgan fingerprint density at radius 1 is 1.19 bits per heavy atom. The second kappa shape index (κ2) is 9.58. The number of nitrogens with one attached hydrogen (secondary N) is 2. The van der Waals surface area contributed by atoms with Gasteiger partial charge in [-0.05, 0) is 36.3 Å². The highest BCUT2D eigenvalue weighted by molar-refractivity contribution is 6.31. The average molecular weight is 374 g/mol. The number of hydrogen-bond acceptors (Lipinski definition) is 4. The van der Waals surface area contributed by atoms with E-state index in [4.69, 9.17) is 16.3 Å². The van der Waals surface area contributed by atoms with Gasteiger partial charge in [-0.15, -0.1) is 0 Å². The molecule has 1 aromatic carbocycles. The van der Waals surface area contributed by atoms with Crippen LogP contribution < -0.4 is 15.4 Å². The molecule has 2 rings (SSSR count). The average Bonchev–Trinajstić information content (AvgIpc) is 2.67. The molecule has 0 fully saturated rings. The number of pyridine rings is 1. The summed E-state index contributed by atoms with van der Waals surface area (Å²) in [6.07, 6.45) is 1.90. The molecule has 2 N–H and O–H groups in total. The van der Waals surface area contributed by atoms with Crippen molar-refractivity contribution in [2.75, 3.05) is 13.7 Å². The van der Waals surface area contributed by atoms with Crippen LogP contribution in [0.5, 0.6) is 5.88 Å². The van der Waals surface area contributed by atoms with Gasteiger partial charge in [0.25, 0.3) is 5.91 Å². The lowest BCUT2D eigenvalue weighted by atomic mass is 10.1. The lowest BCUT2D eigenvalue weighted by Gasteiger charge is -2.09. The van der Waals surface area contributed by atoms with Gasteiger partial charge in [-0.2, -0.15) is 0 Å². The molecule has 2 aromatic rings. The van der Waals surface area contributed by atoms with Crippen molar-refractivity contribution < 1.29 is 14.3 Å². The normalized spacial score (nSPS) is 10.1. The van der Waals surface area contributed by atoms with Crippen LogP contribution in [-0.2, 0) is 17.8 Å². The molecule has 26 heavy (non-hydrogen) atoms. The van der Waals surface area contributed by atoms with Crippen molar-refractivity contribution in [1.82, 2.24) is 15.6 Å². The summed E-state index contributed by atoms with van der Waals surface area (Å²) < 4.78 is 5.05. The van der Waals surface area contributed by atoms with Crippen molar-refractivity contribution >= 4 is 23.4 Å². The van der Waals surface area contributed by atoms with E-state index in [0.29, 0.717) is 35.1 Å². The number of ether oxygens (including phenoxy) is 1. The van der Waals surface area contributed by atoms with Gasteiger partial charge in [0.05, 0.1) is 24.4 Å². The van der Waals surface area contributed by atoms with Gasteiger partial charge in [-0.25, -0.2) is 4.98 Å². The number of nitrogens with zero attached hydrogens (tertiary/aromatic N) is 1. The third kappa shape index (κ3) is 5.60. The monoisotopic (exact) mass is 373 g/mol. The van der Waals surface area contributed by atoms with Crippen molar-refractivity contribution in [1.29, 1.82) is 0 Å². The molecule has 0 atom stereocenters. The predicted octanol–water partition coefficient (Wildman–Crippen LogP) is 2.52. The Kier molecular flexibility index (Phi) is 7.17. The SMILES string of the molecule is C=CC(=O)NCCc1ccc(C(=O)NCc2nc(OC)ccc2Cl)cc1. The molecule has 6 nitrogen and oxygen atoms in total. The Hall–Kier alpha value is -2.86. The van der Waals surface area contributed by atoms with E-state index in [9.17, 15) is 9.59 Å². The molecular weight excluding hydrogens is 354 g/mol. The molecule has 7 heteroatoms. The van der Waals surface area contributed by atoms with E-state index in [0.717, 1.165) is 5.56 Å². The smallest absolute Gasteiger partial charge is 0.251 e. The minimum Gasteiger partial charge on any atom is -0.481 e. The van der Waals surface area contributed by atoms with E-state index in [1.54, 1.807) is 24.3 Å². The zero-order valence-corrected chi connectivity index (χ0v) is 15.2. The second-order valence-electron chi connectivity index (χ2n) is 5.41. The summed E-state index contributed by atoms with van der Waals surface area (Å²) in [6, 6.07) is 10.5. The van der Waals surface area contributed by atoms with E-state index in [-0.39, 0.29) is 18.4 Å². The van der Waals surface area contributed by atoms with Crippen LogP contribution in [0.4, 0.5) is 0 Å². The molecule has 1 aromatic heterocycles. The first kappa shape index (κ1) is 19.5. The number of carbonyl (C=O) groups excluding carboxylic acids is 2. The summed E-state index contributed by atoms with van der Waals surface area (Å²) in [7, 11) is 1.52. The largest absolute Gasteiger partial charge is 0.481 e. The van der Waals surface area contributed by atoms with Gasteiger partial charge in [0, 0.05) is 18.2 Å². The molecular formula is C19H20ClN3O3. The topological polar surface area (TPSA) is 80.3 Å². The minimum absolute atomic E-state index is 0.199. The number of benzene rings is 1. The molecule has 0 bridgehead atoms. The minimum atomic E-state index is -0.225. The van der Waals surface area contributed by atoms with Crippen molar-refractivity contribution in [3.63, 3.8) is 0 Å². The molecule has 0 radical (unpaired) electrons. The van der Waals surface area contributed by atoms with E-state index in [2.05, 4.69) is 22.2 Å². The predicted molar refractivity (Wildman–Crippen MR) is 100 cm³/mol. The molecule has 0 aliphatic carbocycles. The number of rotatable bonds is 8. The van der Waals surface area contributed by atoms with Gasteiger partial charge in [0.15, 0.2) is 0 Å². The van der Waals surface area contributed by atoms with Crippen LogP contribution in [0.2, 0.25) is 5.02 Å². The molecule has 0 spiro atoms. The Morgan fingerprint density at radius 2 is 1.92 bits per heavy atom. The number of halogens is 1. The maximum absolute atomic E-state index is 12.3. The lowest BCUT2D eigenvalue weighted by Crippen LogP contribution is -2.24. The van der Waals surface area contributed by atoms with Crippen molar-refractivity contribution in [3.8, 4) is 5.88 Å². The fourth-order valence-electron chi connectivity index (χ4n) is 2.19. The molecule has 1 heterocycles. The molecule has 2 amide bonds. The summed E-state index contributed by atoms with van der Waals surface area (Å²) in [5.41, 5.74) is 2.08. The summed E-state index contributed by atoms with van der Waals surface area (Å²) in [5.74, 6) is 0.00885. The summed E-state index contributed by atoms with van der Waals surface area (Å²) >= 11 is 6.08. The van der Waals surface area contributed by atoms with Crippen LogP contribution in [0.25, 0.3) is 0 Å². The van der Waals surface area contributed by atoms with Crippen LogP contribution in [-0.4, -0.2) is 30.5 Å². The van der Waals surface area contributed by atoms with Gasteiger partial charge in [0.2, 0.25) is 11.8 Å². The molecule has 0 saturated carbocycles. The molecule has 0 aliphatic rings. The van der Waals surface area contributed by atoms with E-state index in [1.807, 2.05) is 12.1 Å². The van der Waals surface area contributed by atoms with E-state index < -0.39 is 0 Å². The third-order valence-corrected chi connectivity index (χ3v) is 3.98. The molecule has 0 aliphatic heterocycles.